The first-order valence-corrected chi connectivity index (χ1v) is 34.1. The smallest absolute Gasteiger partial charge is 1.00 e. The molecule has 0 aliphatic rings. The molecule has 0 aliphatic carbocycles. The van der Waals surface area contributed by atoms with Crippen LogP contribution in [0.4, 0.5) is 0 Å². The number of nitrogens with zero attached hydrogens (tertiary/aromatic N) is 18. The minimum atomic E-state index is 0. The van der Waals surface area contributed by atoms with Crippen molar-refractivity contribution in [2.75, 3.05) is 0 Å². The van der Waals surface area contributed by atoms with Crippen LogP contribution in [0, 0.1) is 0 Å². The number of hydrogen-bond acceptors (Lipinski definition) is 18. The van der Waals surface area contributed by atoms with Crippen molar-refractivity contribution < 1.29 is 54.3 Å². The second-order valence-electron chi connectivity index (χ2n) is 21.9. The molecule has 18 nitrogen and oxygen atoms in total. The molecule has 0 N–H and O–H groups in total. The predicted molar refractivity (Wildman–Crippen MR) is 427 cm³/mol. The summed E-state index contributed by atoms with van der Waals surface area (Å²) >= 11 is 0. The molecule has 0 aromatic carbocycles. The van der Waals surface area contributed by atoms with Crippen LogP contribution in [0.3, 0.4) is 0 Å². The van der Waals surface area contributed by atoms with Crippen molar-refractivity contribution in [2.24, 2.45) is 0 Å². The van der Waals surface area contributed by atoms with Crippen molar-refractivity contribution in [1.29, 1.82) is 0 Å². The van der Waals surface area contributed by atoms with Crippen LogP contribution in [-0.4, -0.2) is 89.7 Å². The molecule has 0 amide bonds. The van der Waals surface area contributed by atoms with Gasteiger partial charge in [0, 0.05) is 112 Å². The zero-order valence-corrected chi connectivity index (χ0v) is 63.5. The Morgan fingerprint density at radius 1 is 0.0893 bits per heavy atom. The van der Waals surface area contributed by atoms with Crippen LogP contribution in [-0.2, 0) is 17.1 Å². The third-order valence-electron chi connectivity index (χ3n) is 14.3. The minimum Gasteiger partial charge on any atom is -1.00 e. The van der Waals surface area contributed by atoms with Gasteiger partial charge in [-0.15, -0.1) is 0 Å². The summed E-state index contributed by atoms with van der Waals surface area (Å²) < 4.78 is 0. The van der Waals surface area contributed by atoms with Gasteiger partial charge in [0.05, 0.1) is 102 Å². The van der Waals surface area contributed by atoms with Crippen LogP contribution >= 0.6 is 0 Å². The number of hydrogen-bond donors (Lipinski definition) is 0. The molecule has 18 aromatic rings. The molecule has 22 heteroatoms. The molecule has 0 bridgehead atoms. The van der Waals surface area contributed by atoms with Gasteiger partial charge in [-0.2, -0.15) is 0 Å². The monoisotopic (exact) mass is 1570 g/mol. The van der Waals surface area contributed by atoms with Crippen LogP contribution in [0.5, 0.6) is 0 Å². The molecule has 0 aliphatic heterocycles. The number of rotatable bonds is 9. The summed E-state index contributed by atoms with van der Waals surface area (Å²) in [6.07, 6.45) is 31.8. The summed E-state index contributed by atoms with van der Waals surface area (Å²) in [5.74, 6) is 0. The molecule has 0 saturated carbocycles. The third-order valence-corrected chi connectivity index (χ3v) is 14.3. The Morgan fingerprint density at radius 3 is 0.179 bits per heavy atom. The van der Waals surface area contributed by atoms with Gasteiger partial charge in [0.15, 0.2) is 0 Å². The van der Waals surface area contributed by atoms with E-state index >= 15 is 0 Å². The molecule has 0 saturated heterocycles. The predicted octanol–water partition coefficient (Wildman–Crippen LogP) is 10.3. The van der Waals surface area contributed by atoms with Crippen molar-refractivity contribution in [3.05, 3.63) is 439 Å². The zero-order chi connectivity index (χ0) is 74.0. The van der Waals surface area contributed by atoms with Crippen molar-refractivity contribution in [3.63, 3.8) is 0 Å². The summed E-state index contributed by atoms with van der Waals surface area (Å²) in [4.78, 5) is 75.4. The fourth-order valence-electron chi connectivity index (χ4n) is 9.26. The maximum absolute atomic E-state index is 4.19. The third kappa shape index (κ3) is 31.5. The largest absolute Gasteiger partial charge is 3.00 e. The van der Waals surface area contributed by atoms with Gasteiger partial charge in [-0.05, 0) is 218 Å². The summed E-state index contributed by atoms with van der Waals surface area (Å²) in [6, 6.07) is 104. The number of halogens is 3. The van der Waals surface area contributed by atoms with Crippen molar-refractivity contribution in [3.8, 4) is 102 Å². The Hall–Kier alpha value is -13.9. The Balaban J connectivity index is 0.000000196. The SMILES string of the molecule is [Cl-].[Cl-].[Cl-].[Fe+3].c1ccc(-c2ccccn2)nc1.c1ccc(-c2ccccn2)nc1.c1ccc(-c2ccccn2)nc1.c1ccc(-c2ccccn2)nc1.c1ccc(-c2ccccn2)nc1.c1ccc(-c2ccccn2)nc1.c1ccc(-c2ccccn2)nc1.c1ccc(-c2ccccn2)nc1.c1ccc(-c2ccccn2)nc1. The second kappa shape index (κ2) is 53.0. The van der Waals surface area contributed by atoms with Gasteiger partial charge in [-0.1, -0.05) is 109 Å². The summed E-state index contributed by atoms with van der Waals surface area (Å²) in [7, 11) is 0. The van der Waals surface area contributed by atoms with Crippen LogP contribution in [0.25, 0.3) is 102 Å². The Bertz CT molecular complexity index is 3850. The van der Waals surface area contributed by atoms with Gasteiger partial charge in [0.2, 0.25) is 0 Å². The van der Waals surface area contributed by atoms with Crippen molar-refractivity contribution in [2.45, 2.75) is 0 Å². The fraction of sp³-hybridized carbons (Fsp3) is 0. The fourth-order valence-corrected chi connectivity index (χ4v) is 9.26. The summed E-state index contributed by atoms with van der Waals surface area (Å²) in [5, 5.41) is 0. The second-order valence-corrected chi connectivity index (χ2v) is 21.9. The van der Waals surface area contributed by atoms with Gasteiger partial charge in [-0.3, -0.25) is 89.7 Å². The average molecular weight is 1570 g/mol. The zero-order valence-electron chi connectivity index (χ0n) is 60.1. The minimum absolute atomic E-state index is 0. The van der Waals surface area contributed by atoms with E-state index in [1.54, 1.807) is 112 Å². The molecule has 0 fully saturated rings. The van der Waals surface area contributed by atoms with E-state index in [0.29, 0.717) is 0 Å². The van der Waals surface area contributed by atoms with E-state index in [4.69, 9.17) is 0 Å². The molecule has 1 radical (unpaired) electrons. The average Bonchev–Trinajstić information content (AvgIpc) is 0.973. The normalized spacial score (nSPS) is 9.32. The number of pyridine rings is 18. The van der Waals surface area contributed by atoms with E-state index in [-0.39, 0.29) is 54.3 Å². The van der Waals surface area contributed by atoms with Crippen LogP contribution < -0.4 is 37.2 Å². The molecule has 18 aromatic heterocycles. The molecule has 551 valence electrons. The van der Waals surface area contributed by atoms with E-state index in [2.05, 4.69) is 89.7 Å². The van der Waals surface area contributed by atoms with Crippen LogP contribution in [0.1, 0.15) is 0 Å². The molecule has 112 heavy (non-hydrogen) atoms. The summed E-state index contributed by atoms with van der Waals surface area (Å²) in [6.45, 7) is 0. The van der Waals surface area contributed by atoms with E-state index < -0.39 is 0 Å². The van der Waals surface area contributed by atoms with Gasteiger partial charge in [0.25, 0.3) is 0 Å². The molecule has 18 heterocycles. The maximum atomic E-state index is 4.19. The van der Waals surface area contributed by atoms with Gasteiger partial charge >= 0.3 is 17.1 Å². The molecular weight excluding hydrogens is 1500 g/mol. The molecule has 0 spiro atoms. The molecule has 0 unspecified atom stereocenters. The van der Waals surface area contributed by atoms with E-state index in [1.165, 1.54) is 0 Å². The molecule has 0 atom stereocenters. The molecule has 18 rings (SSSR count). The number of aromatic nitrogens is 18. The van der Waals surface area contributed by atoms with Gasteiger partial charge < -0.3 is 37.2 Å². The standard InChI is InChI=1S/9C10H8N2.3ClH.Fe/c9*1-3-7-11-9(5-1)10-6-2-4-8-12-10;;;;/h9*1-8H;3*1H;/q;;;;;;;;;;;;+3/p-3. The van der Waals surface area contributed by atoms with Crippen molar-refractivity contribution >= 4 is 0 Å². The van der Waals surface area contributed by atoms with E-state index in [9.17, 15) is 0 Å². The first-order chi connectivity index (χ1) is 53.7. The Morgan fingerprint density at radius 2 is 0.143 bits per heavy atom. The maximum Gasteiger partial charge on any atom is 3.00 e. The Labute approximate surface area is 680 Å². The van der Waals surface area contributed by atoms with Crippen molar-refractivity contribution in [1.82, 2.24) is 89.7 Å². The molecular formula is C90H72Cl3FeN18. The first-order valence-electron chi connectivity index (χ1n) is 34.1. The summed E-state index contributed by atoms with van der Waals surface area (Å²) in [5.41, 5.74) is 16.5. The van der Waals surface area contributed by atoms with E-state index in [1.807, 2.05) is 328 Å². The topological polar surface area (TPSA) is 232 Å². The Kier molecular flexibility index (Phi) is 41.1. The van der Waals surface area contributed by atoms with Crippen LogP contribution in [0.2, 0.25) is 0 Å². The van der Waals surface area contributed by atoms with Gasteiger partial charge in [0.1, 0.15) is 0 Å². The first kappa shape index (κ1) is 87.0. The van der Waals surface area contributed by atoms with Gasteiger partial charge in [-0.25, -0.2) is 0 Å². The van der Waals surface area contributed by atoms with Crippen LogP contribution in [0.15, 0.2) is 439 Å². The van der Waals surface area contributed by atoms with E-state index in [0.717, 1.165) is 102 Å². The quantitative estimate of drug-likeness (QED) is 0.122.